The first-order chi connectivity index (χ1) is 15.6. The van der Waals surface area contributed by atoms with Crippen LogP contribution in [0, 0.1) is 13.8 Å². The van der Waals surface area contributed by atoms with Gasteiger partial charge in [0, 0.05) is 17.1 Å². The van der Waals surface area contributed by atoms with Gasteiger partial charge in [-0.15, -0.1) is 0 Å². The average Bonchev–Trinajstić information content (AvgIpc) is 2.71. The van der Waals surface area contributed by atoms with E-state index in [2.05, 4.69) is 5.32 Å². The molecule has 2 aromatic carbocycles. The molecule has 0 aliphatic carbocycles. The van der Waals surface area contributed by atoms with Gasteiger partial charge >= 0.3 is 0 Å². The number of rotatable bonds is 8. The van der Waals surface area contributed by atoms with Gasteiger partial charge in [0.1, 0.15) is 12.6 Å². The van der Waals surface area contributed by atoms with E-state index in [0.29, 0.717) is 16.3 Å². The summed E-state index contributed by atoms with van der Waals surface area (Å²) in [4.78, 5) is 28.0. The Morgan fingerprint density at radius 2 is 1.68 bits per heavy atom. The standard InChI is InChI=1S/C25H34ClN3O4S/c1-17-11-8-9-12-20(17)15-28(19(3)24(31)27-25(4,5)6)23(30)16-29(34(7,32)33)22-14-10-13-21(26)18(22)2/h8-14,19H,15-16H2,1-7H3,(H,27,31)/t19-/m1/s1. The molecular weight excluding hydrogens is 474 g/mol. The minimum Gasteiger partial charge on any atom is -0.350 e. The Labute approximate surface area is 208 Å². The number of aryl methyl sites for hydroxylation is 1. The molecule has 34 heavy (non-hydrogen) atoms. The lowest BCUT2D eigenvalue weighted by Crippen LogP contribution is -2.54. The van der Waals surface area contributed by atoms with Crippen LogP contribution in [0.2, 0.25) is 5.02 Å². The molecule has 2 rings (SSSR count). The maximum Gasteiger partial charge on any atom is 0.244 e. The molecule has 9 heteroatoms. The van der Waals surface area contributed by atoms with Gasteiger partial charge in [-0.2, -0.15) is 0 Å². The highest BCUT2D eigenvalue weighted by Crippen LogP contribution is 2.28. The number of sulfonamides is 1. The van der Waals surface area contributed by atoms with Gasteiger partial charge in [0.05, 0.1) is 11.9 Å². The van der Waals surface area contributed by atoms with Crippen LogP contribution in [0.25, 0.3) is 0 Å². The number of carbonyl (C=O) groups excluding carboxylic acids is 2. The molecule has 186 valence electrons. The predicted octanol–water partition coefficient (Wildman–Crippen LogP) is 4.05. The van der Waals surface area contributed by atoms with E-state index in [1.807, 2.05) is 52.0 Å². The number of halogens is 1. The van der Waals surface area contributed by atoms with Gasteiger partial charge in [-0.05, 0) is 70.4 Å². The van der Waals surface area contributed by atoms with Crippen LogP contribution < -0.4 is 9.62 Å². The van der Waals surface area contributed by atoms with Crippen LogP contribution in [-0.2, 0) is 26.2 Å². The Balaban J connectivity index is 2.47. The topological polar surface area (TPSA) is 86.8 Å². The van der Waals surface area contributed by atoms with Crippen molar-refractivity contribution in [1.82, 2.24) is 10.2 Å². The fraction of sp³-hybridized carbons (Fsp3) is 0.440. The summed E-state index contributed by atoms with van der Waals surface area (Å²) in [5.74, 6) is -0.816. The normalized spacial score (nSPS) is 12.7. The highest BCUT2D eigenvalue weighted by molar-refractivity contribution is 7.92. The van der Waals surface area contributed by atoms with E-state index in [4.69, 9.17) is 11.6 Å². The quantitative estimate of drug-likeness (QED) is 0.583. The van der Waals surface area contributed by atoms with Crippen LogP contribution in [0.15, 0.2) is 42.5 Å². The molecule has 0 aromatic heterocycles. The Morgan fingerprint density at radius 1 is 1.06 bits per heavy atom. The molecule has 0 heterocycles. The fourth-order valence-electron chi connectivity index (χ4n) is 3.49. The minimum atomic E-state index is -3.81. The Morgan fingerprint density at radius 3 is 2.24 bits per heavy atom. The molecule has 0 unspecified atom stereocenters. The van der Waals surface area contributed by atoms with Crippen LogP contribution in [0.5, 0.6) is 0 Å². The zero-order valence-electron chi connectivity index (χ0n) is 20.8. The van der Waals surface area contributed by atoms with E-state index in [9.17, 15) is 18.0 Å². The van der Waals surface area contributed by atoms with Crippen LogP contribution in [0.4, 0.5) is 5.69 Å². The lowest BCUT2D eigenvalue weighted by Gasteiger charge is -2.33. The maximum atomic E-state index is 13.6. The molecule has 0 spiro atoms. The molecule has 0 radical (unpaired) electrons. The van der Waals surface area contributed by atoms with Gasteiger partial charge in [0.2, 0.25) is 21.8 Å². The second-order valence-electron chi connectivity index (χ2n) is 9.52. The van der Waals surface area contributed by atoms with Crippen LogP contribution in [-0.4, -0.2) is 49.5 Å². The highest BCUT2D eigenvalue weighted by Gasteiger charge is 2.32. The molecule has 1 N–H and O–H groups in total. The minimum absolute atomic E-state index is 0.163. The lowest BCUT2D eigenvalue weighted by molar-refractivity contribution is -0.140. The summed E-state index contributed by atoms with van der Waals surface area (Å²) in [6, 6.07) is 11.7. The molecule has 0 bridgehead atoms. The fourth-order valence-corrected chi connectivity index (χ4v) is 4.56. The molecule has 0 aliphatic heterocycles. The number of hydrogen-bond acceptors (Lipinski definition) is 4. The zero-order chi connectivity index (χ0) is 25.8. The van der Waals surface area contributed by atoms with Crippen LogP contribution in [0.3, 0.4) is 0 Å². The maximum absolute atomic E-state index is 13.6. The van der Waals surface area contributed by atoms with E-state index >= 15 is 0 Å². The molecule has 0 saturated carbocycles. The second kappa shape index (κ2) is 10.8. The monoisotopic (exact) mass is 507 g/mol. The smallest absolute Gasteiger partial charge is 0.244 e. The van der Waals surface area contributed by atoms with Crippen molar-refractivity contribution in [3.63, 3.8) is 0 Å². The van der Waals surface area contributed by atoms with E-state index in [1.54, 1.807) is 32.0 Å². The summed E-state index contributed by atoms with van der Waals surface area (Å²) < 4.78 is 26.4. The van der Waals surface area contributed by atoms with Crippen LogP contribution >= 0.6 is 11.6 Å². The average molecular weight is 508 g/mol. The van der Waals surface area contributed by atoms with E-state index in [0.717, 1.165) is 21.7 Å². The summed E-state index contributed by atoms with van der Waals surface area (Å²) in [5.41, 5.74) is 2.22. The molecule has 7 nitrogen and oxygen atoms in total. The third-order valence-electron chi connectivity index (χ3n) is 5.45. The van der Waals surface area contributed by atoms with Crippen molar-refractivity contribution in [1.29, 1.82) is 0 Å². The number of nitrogens with zero attached hydrogens (tertiary/aromatic N) is 2. The van der Waals surface area contributed by atoms with Crippen molar-refractivity contribution in [3.05, 3.63) is 64.2 Å². The predicted molar refractivity (Wildman–Crippen MR) is 137 cm³/mol. The van der Waals surface area contributed by atoms with Gasteiger partial charge in [0.25, 0.3) is 0 Å². The number of hydrogen-bond donors (Lipinski definition) is 1. The summed E-state index contributed by atoms with van der Waals surface area (Å²) in [5, 5.41) is 3.30. The third kappa shape index (κ3) is 7.21. The van der Waals surface area contributed by atoms with Gasteiger partial charge in [-0.3, -0.25) is 13.9 Å². The largest absolute Gasteiger partial charge is 0.350 e. The molecule has 0 fully saturated rings. The van der Waals surface area contributed by atoms with Crippen molar-refractivity contribution in [3.8, 4) is 0 Å². The van der Waals surface area contributed by atoms with Crippen molar-refractivity contribution in [2.24, 2.45) is 0 Å². The van der Waals surface area contributed by atoms with Gasteiger partial charge in [0.15, 0.2) is 0 Å². The second-order valence-corrected chi connectivity index (χ2v) is 11.8. The first-order valence-electron chi connectivity index (χ1n) is 11.0. The van der Waals surface area contributed by atoms with Gasteiger partial charge in [-0.1, -0.05) is 41.9 Å². The number of benzene rings is 2. The summed E-state index contributed by atoms with van der Waals surface area (Å²) in [6.07, 6.45) is 1.04. The summed E-state index contributed by atoms with van der Waals surface area (Å²) in [7, 11) is -3.81. The molecule has 2 aromatic rings. The van der Waals surface area contributed by atoms with Gasteiger partial charge in [-0.25, -0.2) is 8.42 Å². The zero-order valence-corrected chi connectivity index (χ0v) is 22.4. The van der Waals surface area contributed by atoms with E-state index in [1.165, 1.54) is 4.90 Å². The number of anilines is 1. The Kier molecular flexibility index (Phi) is 8.77. The number of nitrogens with one attached hydrogen (secondary N) is 1. The number of carbonyl (C=O) groups is 2. The van der Waals surface area contributed by atoms with Crippen molar-refractivity contribution >= 4 is 39.1 Å². The summed E-state index contributed by atoms with van der Waals surface area (Å²) >= 11 is 6.22. The molecule has 1 atom stereocenters. The molecular formula is C25H34ClN3O4S. The van der Waals surface area contributed by atoms with Gasteiger partial charge < -0.3 is 10.2 Å². The first kappa shape index (κ1) is 27.7. The Bertz CT molecular complexity index is 1160. The van der Waals surface area contributed by atoms with E-state index < -0.39 is 34.1 Å². The molecule has 0 aliphatic rings. The highest BCUT2D eigenvalue weighted by atomic mass is 35.5. The first-order valence-corrected chi connectivity index (χ1v) is 13.2. The van der Waals surface area contributed by atoms with Crippen molar-refractivity contribution in [2.75, 3.05) is 17.1 Å². The van der Waals surface area contributed by atoms with Crippen LogP contribution in [0.1, 0.15) is 44.4 Å². The van der Waals surface area contributed by atoms with Crippen molar-refractivity contribution in [2.45, 2.75) is 59.7 Å². The SMILES string of the molecule is Cc1ccccc1CN(C(=O)CN(c1cccc(Cl)c1C)S(C)(=O)=O)[C@H](C)C(=O)NC(C)(C)C. The Hall–Kier alpha value is -2.58. The lowest BCUT2D eigenvalue weighted by atomic mass is 10.1. The van der Waals surface area contributed by atoms with E-state index in [-0.39, 0.29) is 12.5 Å². The van der Waals surface area contributed by atoms with Crippen molar-refractivity contribution < 1.29 is 18.0 Å². The number of amides is 2. The summed E-state index contributed by atoms with van der Waals surface area (Å²) in [6.45, 7) is 10.6. The molecule has 0 saturated heterocycles. The third-order valence-corrected chi connectivity index (χ3v) is 6.99. The molecule has 2 amide bonds.